The minimum atomic E-state index is -0.468. The number of rotatable bonds is 4. The topological polar surface area (TPSA) is 87.3 Å². The molecule has 3 heterocycles. The second-order valence-electron chi connectivity index (χ2n) is 7.06. The molecule has 2 amide bonds. The van der Waals surface area contributed by atoms with E-state index in [1.165, 1.54) is 13.3 Å². The van der Waals surface area contributed by atoms with E-state index in [-0.39, 0.29) is 29.8 Å². The number of likely N-dealkylation sites (tertiary alicyclic amines) is 1. The minimum absolute atomic E-state index is 0.0897. The van der Waals surface area contributed by atoms with Crippen molar-refractivity contribution < 1.29 is 14.3 Å². The Bertz CT molecular complexity index is 867. The molecule has 0 aromatic carbocycles. The van der Waals surface area contributed by atoms with Crippen LogP contribution in [0.25, 0.3) is 11.0 Å². The van der Waals surface area contributed by atoms with Crippen molar-refractivity contribution in [2.75, 3.05) is 13.7 Å². The van der Waals surface area contributed by atoms with Crippen LogP contribution in [0.2, 0.25) is 5.02 Å². The molecule has 1 saturated heterocycles. The molecule has 2 aromatic heterocycles. The van der Waals surface area contributed by atoms with Crippen LogP contribution in [0, 0.1) is 5.92 Å². The van der Waals surface area contributed by atoms with Gasteiger partial charge in [0.05, 0.1) is 10.6 Å². The molecule has 2 aromatic rings. The molecule has 2 aliphatic rings. The summed E-state index contributed by atoms with van der Waals surface area (Å²) >= 11 is 6.43. The lowest BCUT2D eigenvalue weighted by molar-refractivity contribution is -0.131. The van der Waals surface area contributed by atoms with Gasteiger partial charge in [-0.2, -0.15) is 0 Å². The van der Waals surface area contributed by atoms with Crippen molar-refractivity contribution in [2.45, 2.75) is 38.0 Å². The number of aromatic amines is 1. The molecule has 4 atom stereocenters. The van der Waals surface area contributed by atoms with Gasteiger partial charge in [-0.3, -0.25) is 9.59 Å². The van der Waals surface area contributed by atoms with E-state index in [0.717, 1.165) is 18.2 Å². The first-order valence-electron chi connectivity index (χ1n) is 8.75. The van der Waals surface area contributed by atoms with Gasteiger partial charge in [-0.1, -0.05) is 11.6 Å². The van der Waals surface area contributed by atoms with Gasteiger partial charge in [0, 0.05) is 43.5 Å². The van der Waals surface area contributed by atoms with Gasteiger partial charge in [-0.05, 0) is 31.7 Å². The molecule has 1 aliphatic carbocycles. The quantitative estimate of drug-likeness (QED) is 0.854. The molecule has 138 valence electrons. The first-order valence-corrected chi connectivity index (χ1v) is 9.13. The number of amides is 2. The highest BCUT2D eigenvalue weighted by atomic mass is 35.5. The number of piperidine rings is 1. The summed E-state index contributed by atoms with van der Waals surface area (Å²) in [5.74, 6) is 0.0703. The van der Waals surface area contributed by atoms with E-state index in [1.54, 1.807) is 13.1 Å². The molecule has 4 rings (SSSR count). The zero-order valence-corrected chi connectivity index (χ0v) is 15.4. The lowest BCUT2D eigenvalue weighted by Gasteiger charge is -2.32. The summed E-state index contributed by atoms with van der Waals surface area (Å²) in [6.45, 7) is 2.35. The summed E-state index contributed by atoms with van der Waals surface area (Å²) in [7, 11) is 1.52. The molecule has 7 nitrogen and oxygen atoms in total. The highest BCUT2D eigenvalue weighted by Gasteiger charge is 2.47. The van der Waals surface area contributed by atoms with Gasteiger partial charge in [0.25, 0.3) is 5.91 Å². The lowest BCUT2D eigenvalue weighted by Crippen LogP contribution is -2.49. The number of halogens is 1. The van der Waals surface area contributed by atoms with Crippen molar-refractivity contribution >= 4 is 34.4 Å². The monoisotopic (exact) mass is 376 g/mol. The molecule has 0 spiro atoms. The normalized spacial score (nSPS) is 25.7. The molecule has 0 radical (unpaired) electrons. The van der Waals surface area contributed by atoms with Crippen LogP contribution in [0.4, 0.5) is 0 Å². The maximum Gasteiger partial charge on any atom is 0.257 e. The van der Waals surface area contributed by atoms with E-state index in [0.29, 0.717) is 22.8 Å². The summed E-state index contributed by atoms with van der Waals surface area (Å²) in [5.41, 5.74) is 1.10. The van der Waals surface area contributed by atoms with Gasteiger partial charge in [0.2, 0.25) is 5.91 Å². The fourth-order valence-electron chi connectivity index (χ4n) is 4.07. The van der Waals surface area contributed by atoms with Crippen LogP contribution in [0.5, 0.6) is 0 Å². The predicted molar refractivity (Wildman–Crippen MR) is 97.1 cm³/mol. The number of methoxy groups -OCH3 is 1. The van der Waals surface area contributed by atoms with E-state index in [2.05, 4.69) is 15.3 Å². The van der Waals surface area contributed by atoms with Gasteiger partial charge in [-0.25, -0.2) is 4.98 Å². The number of carbonyl (C=O) groups excluding carboxylic acids is 2. The molecule has 1 aliphatic heterocycles. The van der Waals surface area contributed by atoms with Gasteiger partial charge in [0.15, 0.2) is 0 Å². The Balaban J connectivity index is 1.47. The summed E-state index contributed by atoms with van der Waals surface area (Å²) in [4.78, 5) is 34.2. The molecular formula is C18H21ClN4O3. The van der Waals surface area contributed by atoms with Gasteiger partial charge < -0.3 is 19.9 Å². The molecular weight excluding hydrogens is 356 g/mol. The number of pyridine rings is 1. The maximum atomic E-state index is 13.0. The number of nitrogens with zero attached hydrogens (tertiary/aromatic N) is 2. The Hall–Kier alpha value is -2.12. The number of hydrogen-bond donors (Lipinski definition) is 2. The average Bonchev–Trinajstić information content (AvgIpc) is 3.35. The Morgan fingerprint density at radius 2 is 2.27 bits per heavy atom. The van der Waals surface area contributed by atoms with Crippen molar-refractivity contribution in [3.63, 3.8) is 0 Å². The summed E-state index contributed by atoms with van der Waals surface area (Å²) in [6.07, 6.45) is 4.48. The van der Waals surface area contributed by atoms with E-state index < -0.39 is 6.10 Å². The van der Waals surface area contributed by atoms with Crippen molar-refractivity contribution in [3.8, 4) is 0 Å². The second-order valence-corrected chi connectivity index (χ2v) is 7.44. The SMILES string of the molecule is COC(C)C(=O)N[C@@H]1C[C@H]2C[C@H]1CN2C(=O)c1cnc2[nH]ccc2c1Cl. The van der Waals surface area contributed by atoms with Crippen LogP contribution in [0.15, 0.2) is 18.5 Å². The van der Waals surface area contributed by atoms with Crippen molar-refractivity contribution in [2.24, 2.45) is 5.92 Å². The first kappa shape index (κ1) is 17.3. The zero-order valence-electron chi connectivity index (χ0n) is 14.7. The molecule has 1 saturated carbocycles. The number of nitrogens with one attached hydrogen (secondary N) is 2. The number of ether oxygens (including phenoxy) is 1. The second kappa shape index (κ2) is 6.55. The van der Waals surface area contributed by atoms with Crippen LogP contribution >= 0.6 is 11.6 Å². The Morgan fingerprint density at radius 1 is 1.46 bits per heavy atom. The summed E-state index contributed by atoms with van der Waals surface area (Å²) in [6, 6.07) is 2.03. The number of hydrogen-bond acceptors (Lipinski definition) is 4. The van der Waals surface area contributed by atoms with Crippen LogP contribution in [0.3, 0.4) is 0 Å². The summed E-state index contributed by atoms with van der Waals surface area (Å²) < 4.78 is 5.06. The standard InChI is InChI=1S/C18H21ClN4O3/c1-9(26-2)17(24)22-14-6-11-5-10(14)8-23(11)18(25)13-7-21-16-12(15(13)19)3-4-20-16/h3-4,7,9-11,14H,5-6,8H2,1-2H3,(H,20,21)(H,22,24)/t9?,10-,11+,14+/m0/s1. The minimum Gasteiger partial charge on any atom is -0.372 e. The van der Waals surface area contributed by atoms with Gasteiger partial charge in [-0.15, -0.1) is 0 Å². The first-order chi connectivity index (χ1) is 12.5. The smallest absolute Gasteiger partial charge is 0.257 e. The van der Waals surface area contributed by atoms with Crippen molar-refractivity contribution in [1.82, 2.24) is 20.2 Å². The van der Waals surface area contributed by atoms with Crippen LogP contribution in [0.1, 0.15) is 30.1 Å². The number of H-pyrrole nitrogens is 1. The van der Waals surface area contributed by atoms with E-state index in [9.17, 15) is 9.59 Å². The molecule has 26 heavy (non-hydrogen) atoms. The largest absolute Gasteiger partial charge is 0.372 e. The third kappa shape index (κ3) is 2.75. The Labute approximate surface area is 156 Å². The molecule has 1 unspecified atom stereocenters. The zero-order chi connectivity index (χ0) is 18.4. The third-order valence-electron chi connectivity index (χ3n) is 5.60. The number of fused-ring (bicyclic) bond motifs is 3. The van der Waals surface area contributed by atoms with Crippen LogP contribution in [-0.2, 0) is 9.53 Å². The lowest BCUT2D eigenvalue weighted by atomic mass is 10.0. The maximum absolute atomic E-state index is 13.0. The highest BCUT2D eigenvalue weighted by Crippen LogP contribution is 2.39. The summed E-state index contributed by atoms with van der Waals surface area (Å²) in [5, 5.41) is 4.23. The van der Waals surface area contributed by atoms with E-state index in [1.807, 2.05) is 11.0 Å². The number of aromatic nitrogens is 2. The highest BCUT2D eigenvalue weighted by molar-refractivity contribution is 6.38. The van der Waals surface area contributed by atoms with Gasteiger partial charge >= 0.3 is 0 Å². The number of carbonyl (C=O) groups is 2. The van der Waals surface area contributed by atoms with Crippen molar-refractivity contribution in [3.05, 3.63) is 29.0 Å². The van der Waals surface area contributed by atoms with Gasteiger partial charge in [0.1, 0.15) is 11.8 Å². The fourth-order valence-corrected chi connectivity index (χ4v) is 4.35. The van der Waals surface area contributed by atoms with E-state index in [4.69, 9.17) is 16.3 Å². The molecule has 2 bridgehead atoms. The average molecular weight is 377 g/mol. The predicted octanol–water partition coefficient (Wildman–Crippen LogP) is 1.97. The molecule has 2 N–H and O–H groups in total. The van der Waals surface area contributed by atoms with Crippen LogP contribution in [-0.4, -0.2) is 58.5 Å². The Kier molecular flexibility index (Phi) is 4.36. The van der Waals surface area contributed by atoms with Crippen LogP contribution < -0.4 is 5.32 Å². The fraction of sp³-hybridized carbons (Fsp3) is 0.500. The molecule has 8 heteroatoms. The Morgan fingerprint density at radius 3 is 2.96 bits per heavy atom. The van der Waals surface area contributed by atoms with Crippen molar-refractivity contribution in [1.29, 1.82) is 0 Å². The van der Waals surface area contributed by atoms with E-state index >= 15 is 0 Å². The third-order valence-corrected chi connectivity index (χ3v) is 6.01. The molecule has 2 fully saturated rings.